The van der Waals surface area contributed by atoms with Crippen LogP contribution in [-0.4, -0.2) is 53.1 Å². The fourth-order valence-corrected chi connectivity index (χ4v) is 4.91. The number of hydrogen-bond acceptors (Lipinski definition) is 7. The number of carbonyl (C=O) groups excluding carboxylic acids is 1. The number of ether oxygens (including phenoxy) is 1. The standard InChI is InChI=1S/C29H31N5O2/c30-21-24(29(35)36-23-11-5-2-6-12-23)27-28(32-26-14-8-7-13-25(26)31-27)34-19-17-33(18-20-34)16-15-22-9-3-1-4-10-22/h1,3-4,7-10,13-16,23-24H,2,5-6,11-12,17-20H2/b16-15+/t24-/m1/s1. The topological polar surface area (TPSA) is 82.3 Å². The summed E-state index contributed by atoms with van der Waals surface area (Å²) in [5.74, 6) is -1.01. The van der Waals surface area contributed by atoms with E-state index in [-0.39, 0.29) is 6.10 Å². The number of piperazine rings is 1. The van der Waals surface area contributed by atoms with E-state index in [2.05, 4.69) is 40.3 Å². The summed E-state index contributed by atoms with van der Waals surface area (Å²) in [5.41, 5.74) is 2.98. The first-order valence-electron chi connectivity index (χ1n) is 12.8. The van der Waals surface area contributed by atoms with E-state index in [0.29, 0.717) is 17.0 Å². The molecule has 3 aromatic rings. The van der Waals surface area contributed by atoms with E-state index < -0.39 is 11.9 Å². The highest BCUT2D eigenvalue weighted by Gasteiger charge is 2.32. The molecule has 0 N–H and O–H groups in total. The SMILES string of the molecule is N#C[C@@H](C(=O)OC1CCCCC1)c1nc2ccccc2nc1N1CCN(/C=C/c2ccccc2)CC1. The summed E-state index contributed by atoms with van der Waals surface area (Å²) in [7, 11) is 0. The van der Waals surface area contributed by atoms with Gasteiger partial charge in [0.2, 0.25) is 0 Å². The predicted molar refractivity (Wildman–Crippen MR) is 140 cm³/mol. The highest BCUT2D eigenvalue weighted by Crippen LogP contribution is 2.30. The molecule has 7 nitrogen and oxygen atoms in total. The molecule has 1 atom stereocenters. The number of carbonyl (C=O) groups is 1. The van der Waals surface area contributed by atoms with Crippen molar-refractivity contribution >= 4 is 28.9 Å². The van der Waals surface area contributed by atoms with Crippen LogP contribution < -0.4 is 4.90 Å². The lowest BCUT2D eigenvalue weighted by Crippen LogP contribution is -2.45. The predicted octanol–water partition coefficient (Wildman–Crippen LogP) is 4.91. The molecule has 0 bridgehead atoms. The van der Waals surface area contributed by atoms with E-state index in [1.54, 1.807) is 0 Å². The second kappa shape index (κ2) is 11.2. The first kappa shape index (κ1) is 23.8. The molecule has 2 heterocycles. The Bertz CT molecular complexity index is 1260. The van der Waals surface area contributed by atoms with Gasteiger partial charge < -0.3 is 14.5 Å². The third-order valence-corrected chi connectivity index (χ3v) is 6.94. The Hall–Kier alpha value is -3.92. The number of aromatic nitrogens is 2. The average molecular weight is 482 g/mol. The third-order valence-electron chi connectivity index (χ3n) is 6.94. The monoisotopic (exact) mass is 481 g/mol. The molecule has 0 spiro atoms. The van der Waals surface area contributed by atoms with Crippen molar-refractivity contribution in [3.8, 4) is 6.07 Å². The summed E-state index contributed by atoms with van der Waals surface area (Å²) in [6, 6.07) is 20.0. The highest BCUT2D eigenvalue weighted by atomic mass is 16.5. The normalized spacial score (nSPS) is 17.8. The van der Waals surface area contributed by atoms with Crippen LogP contribution in [0.1, 0.15) is 49.3 Å². The van der Waals surface area contributed by atoms with Gasteiger partial charge in [0.15, 0.2) is 11.7 Å². The molecule has 5 rings (SSSR count). The Labute approximate surface area is 212 Å². The van der Waals surface area contributed by atoms with Crippen LogP contribution in [0.2, 0.25) is 0 Å². The van der Waals surface area contributed by atoms with Gasteiger partial charge in [-0.1, -0.05) is 48.9 Å². The van der Waals surface area contributed by atoms with Gasteiger partial charge in [-0.15, -0.1) is 0 Å². The summed E-state index contributed by atoms with van der Waals surface area (Å²) in [5, 5.41) is 10.0. The second-order valence-corrected chi connectivity index (χ2v) is 9.43. The van der Waals surface area contributed by atoms with Crippen molar-refractivity contribution in [3.05, 3.63) is 72.1 Å². The summed E-state index contributed by atoms with van der Waals surface area (Å²) >= 11 is 0. The van der Waals surface area contributed by atoms with Crippen molar-refractivity contribution in [2.75, 3.05) is 31.1 Å². The van der Waals surface area contributed by atoms with E-state index in [4.69, 9.17) is 14.7 Å². The Kier molecular flexibility index (Phi) is 7.41. The first-order chi connectivity index (χ1) is 17.7. The van der Waals surface area contributed by atoms with Crippen LogP contribution in [0.25, 0.3) is 17.1 Å². The molecule has 36 heavy (non-hydrogen) atoms. The van der Waals surface area contributed by atoms with Crippen molar-refractivity contribution in [2.45, 2.75) is 44.1 Å². The quantitative estimate of drug-likeness (QED) is 0.463. The summed E-state index contributed by atoms with van der Waals surface area (Å²) in [4.78, 5) is 27.2. The Morgan fingerprint density at radius 1 is 0.944 bits per heavy atom. The molecule has 184 valence electrons. The summed E-state index contributed by atoms with van der Waals surface area (Å²) in [6.45, 7) is 3.05. The van der Waals surface area contributed by atoms with Crippen LogP contribution in [0, 0.1) is 11.3 Å². The maximum atomic E-state index is 13.1. The Morgan fingerprint density at radius 2 is 1.61 bits per heavy atom. The van der Waals surface area contributed by atoms with Gasteiger partial charge in [-0.2, -0.15) is 5.26 Å². The molecular weight excluding hydrogens is 450 g/mol. The zero-order valence-electron chi connectivity index (χ0n) is 20.4. The molecule has 1 aromatic heterocycles. The van der Waals surface area contributed by atoms with Gasteiger partial charge in [0.05, 0.1) is 17.1 Å². The molecule has 0 radical (unpaired) electrons. The number of nitrogens with zero attached hydrogens (tertiary/aromatic N) is 5. The van der Waals surface area contributed by atoms with Crippen molar-refractivity contribution in [1.82, 2.24) is 14.9 Å². The minimum absolute atomic E-state index is 0.112. The molecule has 1 aliphatic heterocycles. The number of anilines is 1. The number of esters is 1. The highest BCUT2D eigenvalue weighted by molar-refractivity contribution is 5.85. The number of rotatable bonds is 6. The lowest BCUT2D eigenvalue weighted by molar-refractivity contribution is -0.150. The molecule has 1 saturated heterocycles. The maximum Gasteiger partial charge on any atom is 0.329 e. The van der Waals surface area contributed by atoms with Gasteiger partial charge >= 0.3 is 5.97 Å². The largest absolute Gasteiger partial charge is 0.461 e. The van der Waals surface area contributed by atoms with Crippen LogP contribution in [0.4, 0.5) is 5.82 Å². The summed E-state index contributed by atoms with van der Waals surface area (Å²) < 4.78 is 5.78. The van der Waals surface area contributed by atoms with Crippen LogP contribution in [-0.2, 0) is 9.53 Å². The first-order valence-corrected chi connectivity index (χ1v) is 12.8. The van der Waals surface area contributed by atoms with Crippen molar-refractivity contribution in [3.63, 3.8) is 0 Å². The molecule has 2 aliphatic rings. The number of hydrogen-bond donors (Lipinski definition) is 0. The van der Waals surface area contributed by atoms with Crippen molar-refractivity contribution in [1.29, 1.82) is 5.26 Å². The van der Waals surface area contributed by atoms with Gasteiger partial charge in [0.1, 0.15) is 11.8 Å². The third kappa shape index (κ3) is 5.49. The average Bonchev–Trinajstić information content (AvgIpc) is 2.93. The van der Waals surface area contributed by atoms with E-state index in [9.17, 15) is 10.1 Å². The Balaban J connectivity index is 1.37. The van der Waals surface area contributed by atoms with E-state index in [1.165, 1.54) is 6.42 Å². The molecule has 0 unspecified atom stereocenters. The van der Waals surface area contributed by atoms with Gasteiger partial charge in [-0.3, -0.25) is 4.79 Å². The molecule has 1 saturated carbocycles. The molecule has 0 amide bonds. The van der Waals surface area contributed by atoms with Crippen molar-refractivity contribution in [2.24, 2.45) is 0 Å². The maximum absolute atomic E-state index is 13.1. The lowest BCUT2D eigenvalue weighted by Gasteiger charge is -2.35. The van der Waals surface area contributed by atoms with Gasteiger partial charge in [-0.05, 0) is 55.7 Å². The smallest absolute Gasteiger partial charge is 0.329 e. The van der Waals surface area contributed by atoms with Gasteiger partial charge in [0, 0.05) is 26.2 Å². The fourth-order valence-electron chi connectivity index (χ4n) is 4.91. The molecule has 1 aliphatic carbocycles. The van der Waals surface area contributed by atoms with E-state index in [1.807, 2.05) is 42.5 Å². The number of nitriles is 1. The molecule has 7 heteroatoms. The van der Waals surface area contributed by atoms with Crippen LogP contribution >= 0.6 is 0 Å². The van der Waals surface area contributed by atoms with Gasteiger partial charge in [-0.25, -0.2) is 9.97 Å². The molecule has 2 aromatic carbocycles. The van der Waals surface area contributed by atoms with Crippen LogP contribution in [0.5, 0.6) is 0 Å². The minimum atomic E-state index is -1.10. The summed E-state index contributed by atoms with van der Waals surface area (Å²) in [6.07, 6.45) is 9.13. The van der Waals surface area contributed by atoms with Crippen LogP contribution in [0.15, 0.2) is 60.8 Å². The van der Waals surface area contributed by atoms with Crippen LogP contribution in [0.3, 0.4) is 0 Å². The lowest BCUT2D eigenvalue weighted by atomic mass is 9.97. The minimum Gasteiger partial charge on any atom is -0.461 e. The van der Waals surface area contributed by atoms with Gasteiger partial charge in [0.25, 0.3) is 0 Å². The number of benzene rings is 2. The number of fused-ring (bicyclic) bond motifs is 1. The fraction of sp³-hybridized carbons (Fsp3) is 0.379. The Morgan fingerprint density at radius 3 is 2.31 bits per heavy atom. The zero-order valence-corrected chi connectivity index (χ0v) is 20.4. The second-order valence-electron chi connectivity index (χ2n) is 9.43. The molecule has 2 fully saturated rings. The van der Waals surface area contributed by atoms with E-state index in [0.717, 1.165) is 62.9 Å². The zero-order chi connectivity index (χ0) is 24.7. The number of para-hydroxylation sites is 2. The van der Waals surface area contributed by atoms with E-state index >= 15 is 0 Å². The molecular formula is C29H31N5O2. The van der Waals surface area contributed by atoms with Crippen molar-refractivity contribution < 1.29 is 9.53 Å².